The Morgan fingerprint density at radius 2 is 1.71 bits per heavy atom. The smallest absolute Gasteiger partial charge is 0.351 e. The van der Waals surface area contributed by atoms with Gasteiger partial charge >= 0.3 is 5.69 Å². The summed E-state index contributed by atoms with van der Waals surface area (Å²) < 4.78 is 21.3. The van der Waals surface area contributed by atoms with Crippen molar-refractivity contribution in [1.29, 1.82) is 0 Å². The first kappa shape index (κ1) is 33.1. The molecular weight excluding hydrogens is 557 g/mol. The highest BCUT2D eigenvalue weighted by atomic mass is 28.4. The Hall–Kier alpha value is -2.39. The van der Waals surface area contributed by atoms with Gasteiger partial charge in [0.15, 0.2) is 16.6 Å². The highest BCUT2D eigenvalue weighted by molar-refractivity contribution is 6.74. The maximum absolute atomic E-state index is 13.2. The van der Waals surface area contributed by atoms with E-state index in [1.807, 2.05) is 0 Å². The van der Waals surface area contributed by atoms with Crippen LogP contribution in [0.4, 0.5) is 11.5 Å². The predicted molar refractivity (Wildman–Crippen MR) is 167 cm³/mol. The maximum Gasteiger partial charge on any atom is 0.351 e. The van der Waals surface area contributed by atoms with Crippen LogP contribution >= 0.6 is 0 Å². The van der Waals surface area contributed by atoms with Gasteiger partial charge in [-0.2, -0.15) is 4.98 Å². The fourth-order valence-electron chi connectivity index (χ4n) is 4.24. The van der Waals surface area contributed by atoms with Crippen molar-refractivity contribution in [2.45, 2.75) is 116 Å². The van der Waals surface area contributed by atoms with Crippen molar-refractivity contribution in [3.05, 3.63) is 62.7 Å². The molecule has 41 heavy (non-hydrogen) atoms. The molecule has 1 fully saturated rings. The van der Waals surface area contributed by atoms with Crippen molar-refractivity contribution in [2.24, 2.45) is 0 Å². The molecule has 1 unspecified atom stereocenters. The normalized spacial score (nSPS) is 21.1. The Labute approximate surface area is 246 Å². The van der Waals surface area contributed by atoms with Crippen LogP contribution in [0.25, 0.3) is 0 Å². The van der Waals surface area contributed by atoms with Crippen LogP contribution in [0.2, 0.25) is 36.3 Å². The molecule has 2 aromatic rings. The minimum atomic E-state index is -2.12. The van der Waals surface area contributed by atoms with E-state index in [1.54, 1.807) is 37.4 Å². The topological polar surface area (TPSA) is 118 Å². The molecule has 1 aliphatic rings. The van der Waals surface area contributed by atoms with Gasteiger partial charge < -0.3 is 18.9 Å². The van der Waals surface area contributed by atoms with Gasteiger partial charge in [-0.3, -0.25) is 14.7 Å². The molecule has 1 aromatic heterocycles. The number of benzene rings is 1. The monoisotopic (exact) mass is 604 g/mol. The number of nitrogens with zero attached hydrogens (tertiary/aromatic N) is 3. The van der Waals surface area contributed by atoms with Crippen molar-refractivity contribution in [3.8, 4) is 0 Å². The Morgan fingerprint density at radius 1 is 1.10 bits per heavy atom. The zero-order valence-electron chi connectivity index (χ0n) is 26.5. The average Bonchev–Trinajstić information content (AvgIpc) is 3.23. The number of hydrogen-bond donors (Lipinski definition) is 1. The Balaban J connectivity index is 1.82. The summed E-state index contributed by atoms with van der Waals surface area (Å²) in [5, 5.41) is 14.7. The summed E-state index contributed by atoms with van der Waals surface area (Å²) in [4.78, 5) is 28.5. The van der Waals surface area contributed by atoms with Crippen LogP contribution in [0.15, 0.2) is 41.3 Å². The fourth-order valence-corrected chi connectivity index (χ4v) is 6.61. The summed E-state index contributed by atoms with van der Waals surface area (Å²) in [7, 11) is -4.15. The molecule has 0 saturated carbocycles. The summed E-state index contributed by atoms with van der Waals surface area (Å²) in [6, 6.07) is 7.79. The van der Waals surface area contributed by atoms with Crippen LogP contribution in [0.3, 0.4) is 0 Å². The van der Waals surface area contributed by atoms with Gasteiger partial charge in [0.1, 0.15) is 18.1 Å². The lowest BCUT2D eigenvalue weighted by molar-refractivity contribution is -0.385. The van der Waals surface area contributed by atoms with Crippen LogP contribution in [-0.2, 0) is 13.6 Å². The number of ether oxygens (including phenoxy) is 1. The first-order valence-corrected chi connectivity index (χ1v) is 20.1. The Bertz CT molecular complexity index is 1290. The molecular formula is C29H48N4O6Si2. The molecule has 12 heteroatoms. The third-order valence-corrected chi connectivity index (χ3v) is 18.0. The van der Waals surface area contributed by atoms with E-state index in [0.717, 1.165) is 0 Å². The van der Waals surface area contributed by atoms with E-state index in [4.69, 9.17) is 13.6 Å². The molecule has 0 amide bonds. The molecule has 1 aromatic carbocycles. The van der Waals surface area contributed by atoms with Crippen LogP contribution in [0.5, 0.6) is 0 Å². The van der Waals surface area contributed by atoms with Gasteiger partial charge in [-0.25, -0.2) is 4.79 Å². The Morgan fingerprint density at radius 3 is 2.27 bits per heavy atom. The highest BCUT2D eigenvalue weighted by Crippen LogP contribution is 2.42. The van der Waals surface area contributed by atoms with Crippen molar-refractivity contribution in [2.75, 3.05) is 11.9 Å². The van der Waals surface area contributed by atoms with Crippen LogP contribution in [0.1, 0.15) is 72.7 Å². The summed E-state index contributed by atoms with van der Waals surface area (Å²) >= 11 is 0. The lowest BCUT2D eigenvalue weighted by Gasteiger charge is -2.40. The van der Waals surface area contributed by atoms with Crippen molar-refractivity contribution >= 4 is 28.1 Å². The quantitative estimate of drug-likeness (QED) is 0.175. The second kappa shape index (κ2) is 12.1. The first-order valence-electron chi connectivity index (χ1n) is 14.3. The second-order valence-electron chi connectivity index (χ2n) is 14.0. The molecule has 0 radical (unpaired) electrons. The van der Waals surface area contributed by atoms with Gasteiger partial charge in [0.2, 0.25) is 0 Å². The van der Waals surface area contributed by atoms with Gasteiger partial charge in [-0.15, -0.1) is 0 Å². The minimum Gasteiger partial charge on any atom is -0.414 e. The number of hydrogen-bond acceptors (Lipinski definition) is 8. The molecule has 1 N–H and O–H groups in total. The number of nitro groups is 1. The van der Waals surface area contributed by atoms with E-state index in [-0.39, 0.29) is 28.0 Å². The predicted octanol–water partition coefficient (Wildman–Crippen LogP) is 7.02. The van der Waals surface area contributed by atoms with Crippen molar-refractivity contribution in [3.63, 3.8) is 0 Å². The van der Waals surface area contributed by atoms with Gasteiger partial charge in [-0.05, 0) is 49.3 Å². The molecule has 3 rings (SSSR count). The van der Waals surface area contributed by atoms with E-state index in [9.17, 15) is 14.9 Å². The molecule has 0 spiro atoms. The van der Waals surface area contributed by atoms with Gasteiger partial charge in [0.25, 0.3) is 5.69 Å². The summed E-state index contributed by atoms with van der Waals surface area (Å²) in [6.07, 6.45) is 1.11. The van der Waals surface area contributed by atoms with Crippen LogP contribution < -0.4 is 11.0 Å². The van der Waals surface area contributed by atoms with Crippen LogP contribution in [0, 0.1) is 10.1 Å². The third kappa shape index (κ3) is 7.72. The Kier molecular flexibility index (Phi) is 9.76. The first-order chi connectivity index (χ1) is 18.7. The van der Waals surface area contributed by atoms with E-state index >= 15 is 0 Å². The molecule has 0 aliphatic carbocycles. The van der Waals surface area contributed by atoms with Crippen molar-refractivity contribution in [1.82, 2.24) is 9.55 Å². The molecule has 1 aliphatic heterocycles. The summed E-state index contributed by atoms with van der Waals surface area (Å²) in [5.74, 6) is 0.335. The average molecular weight is 605 g/mol. The SMILES string of the molecule is CC(Nc1ccn([C@H]2C[C@@H](O[Si](C)(C)C(C)(C)C)[C@@H](CO[Si](C)(C)C(C)(C)C)O2)c(=O)n1)c1ccccc1[N+](=O)[O-]. The lowest BCUT2D eigenvalue weighted by Crippen LogP contribution is -2.48. The van der Waals surface area contributed by atoms with Gasteiger partial charge in [0, 0.05) is 18.7 Å². The van der Waals surface area contributed by atoms with Crippen molar-refractivity contribution < 1.29 is 18.5 Å². The van der Waals surface area contributed by atoms with Gasteiger partial charge in [-0.1, -0.05) is 59.7 Å². The van der Waals surface area contributed by atoms with E-state index in [0.29, 0.717) is 24.4 Å². The van der Waals surface area contributed by atoms with E-state index < -0.39 is 39.5 Å². The number of aromatic nitrogens is 2. The maximum atomic E-state index is 13.2. The highest BCUT2D eigenvalue weighted by Gasteiger charge is 2.46. The van der Waals surface area contributed by atoms with Crippen LogP contribution in [-0.4, -0.2) is 49.9 Å². The molecule has 2 heterocycles. The fraction of sp³-hybridized carbons (Fsp3) is 0.655. The molecule has 228 valence electrons. The lowest BCUT2D eigenvalue weighted by atomic mass is 10.1. The number of anilines is 1. The third-order valence-electron chi connectivity index (χ3n) is 8.95. The largest absolute Gasteiger partial charge is 0.414 e. The molecule has 0 bridgehead atoms. The number of nitro benzene ring substituents is 1. The zero-order valence-corrected chi connectivity index (χ0v) is 28.5. The molecule has 4 atom stereocenters. The summed E-state index contributed by atoms with van der Waals surface area (Å²) in [5.41, 5.74) is 0.0588. The summed E-state index contributed by atoms with van der Waals surface area (Å²) in [6.45, 7) is 24.3. The second-order valence-corrected chi connectivity index (χ2v) is 23.6. The zero-order chi connectivity index (χ0) is 31.0. The standard InChI is InChI=1S/C29H48N4O6Si2/c1-20(21-14-12-13-15-22(21)33(35)36)30-25-16-17-32(27(34)31-25)26-18-23(39-41(10,11)29(5,6)7)24(38-26)19-37-40(8,9)28(2,3)4/h12-17,20,23-24,26H,18-19H2,1-11H3,(H,30,31,34)/t20?,23-,24-,26-/m1/s1. The van der Waals surface area contributed by atoms with E-state index in [1.165, 1.54) is 10.6 Å². The van der Waals surface area contributed by atoms with E-state index in [2.05, 4.69) is 78.0 Å². The number of nitrogens with one attached hydrogen (secondary N) is 1. The number of para-hydroxylation sites is 1. The van der Waals surface area contributed by atoms with Gasteiger partial charge in [0.05, 0.1) is 29.2 Å². The molecule has 1 saturated heterocycles. The molecule has 10 nitrogen and oxygen atoms in total. The number of rotatable bonds is 10. The minimum absolute atomic E-state index is 0.0129.